The molecule has 0 fully saturated rings. The van der Waals surface area contributed by atoms with Crippen LogP contribution in [0.5, 0.6) is 17.2 Å². The number of benzene rings is 2. The Morgan fingerprint density at radius 1 is 0.969 bits per heavy atom. The minimum absolute atomic E-state index is 0.0940. The summed E-state index contributed by atoms with van der Waals surface area (Å²) in [7, 11) is 4.35. The Kier molecular flexibility index (Phi) is 5.58. The predicted molar refractivity (Wildman–Crippen MR) is 115 cm³/mol. The first kappa shape index (κ1) is 21.4. The molecule has 1 aromatic heterocycles. The number of rotatable bonds is 7. The summed E-state index contributed by atoms with van der Waals surface area (Å²) in [6, 6.07) is 7.31. The number of nitrogens with one attached hydrogen (secondary N) is 1. The third-order valence-corrected chi connectivity index (χ3v) is 5.34. The third kappa shape index (κ3) is 3.36. The Morgan fingerprint density at radius 3 is 2.22 bits per heavy atom. The van der Waals surface area contributed by atoms with E-state index in [1.54, 1.807) is 29.0 Å². The van der Waals surface area contributed by atoms with Gasteiger partial charge in [-0.3, -0.25) is 14.9 Å². The number of aromatic nitrogens is 1. The van der Waals surface area contributed by atoms with Gasteiger partial charge in [0.15, 0.2) is 11.5 Å². The van der Waals surface area contributed by atoms with Crippen molar-refractivity contribution in [2.75, 3.05) is 27.9 Å². The maximum Gasteiger partial charge on any atom is 0.259 e. The molecule has 0 bridgehead atoms. The maximum absolute atomic E-state index is 14.1. The fraction of sp³-hybridized carbons (Fsp3) is 0.217. The van der Waals surface area contributed by atoms with Gasteiger partial charge in [0.1, 0.15) is 5.82 Å². The minimum atomic E-state index is -0.605. The molecule has 9 heteroatoms. The van der Waals surface area contributed by atoms with E-state index in [-0.39, 0.29) is 24.3 Å². The molecule has 3 aromatic rings. The first-order valence-electron chi connectivity index (χ1n) is 9.73. The Bertz CT molecular complexity index is 1250. The lowest BCUT2D eigenvalue weighted by molar-refractivity contribution is -0.122. The van der Waals surface area contributed by atoms with E-state index < -0.39 is 17.6 Å². The summed E-state index contributed by atoms with van der Waals surface area (Å²) in [5.41, 5.74) is 1.56. The number of carbonyl (C=O) groups excluding carboxylic acids is 2. The zero-order chi connectivity index (χ0) is 23.0. The number of aliphatic hydroxyl groups is 1. The summed E-state index contributed by atoms with van der Waals surface area (Å²) in [6.07, 6.45) is 1.63. The van der Waals surface area contributed by atoms with Crippen LogP contribution in [-0.4, -0.2) is 49.4 Å². The number of carbonyl (C=O) groups is 2. The number of aliphatic hydroxyl groups excluding tert-OH is 1. The Hall–Kier alpha value is -3.85. The number of hydrogen-bond acceptors (Lipinski definition) is 6. The molecule has 32 heavy (non-hydrogen) atoms. The molecule has 2 amide bonds. The smallest absolute Gasteiger partial charge is 0.259 e. The van der Waals surface area contributed by atoms with Crippen LogP contribution in [0.3, 0.4) is 0 Å². The largest absolute Gasteiger partial charge is 0.493 e. The van der Waals surface area contributed by atoms with Gasteiger partial charge in [-0.2, -0.15) is 0 Å². The van der Waals surface area contributed by atoms with Gasteiger partial charge >= 0.3 is 0 Å². The molecule has 0 unspecified atom stereocenters. The van der Waals surface area contributed by atoms with Crippen molar-refractivity contribution in [1.82, 2.24) is 9.88 Å². The molecule has 4 rings (SSSR count). The molecular formula is C23H21FN2O6. The quantitative estimate of drug-likeness (QED) is 0.548. The van der Waals surface area contributed by atoms with Crippen molar-refractivity contribution in [2.45, 2.75) is 6.54 Å². The molecule has 0 radical (unpaired) electrons. The molecule has 2 aromatic carbocycles. The van der Waals surface area contributed by atoms with Gasteiger partial charge in [-0.1, -0.05) is 0 Å². The van der Waals surface area contributed by atoms with Gasteiger partial charge in [0.2, 0.25) is 5.75 Å². The molecule has 2 heterocycles. The average molecular weight is 440 g/mol. The summed E-state index contributed by atoms with van der Waals surface area (Å²) in [5, 5.41) is 12.2. The SMILES string of the molecule is COc1cc(C2=C(c3cn(CCO)c4ccc(F)cc34)C(=O)NC2=O)cc(OC)c1OC. The number of imide groups is 1. The van der Waals surface area contributed by atoms with Crippen molar-refractivity contribution in [3.8, 4) is 17.2 Å². The number of methoxy groups -OCH3 is 3. The Balaban J connectivity index is 2.03. The molecule has 8 nitrogen and oxygen atoms in total. The highest BCUT2D eigenvalue weighted by Crippen LogP contribution is 2.43. The lowest BCUT2D eigenvalue weighted by Crippen LogP contribution is -2.22. The van der Waals surface area contributed by atoms with E-state index in [0.717, 1.165) is 0 Å². The molecule has 1 aliphatic rings. The standard InChI is InChI=1S/C23H21FN2O6/c1-30-17-8-12(9-18(31-2)21(17)32-3)19-20(23(29)25-22(19)28)15-11-26(6-7-27)16-5-4-13(24)10-14(15)16/h4-5,8-11,27H,6-7H2,1-3H3,(H,25,28,29). The summed E-state index contributed by atoms with van der Waals surface area (Å²) >= 11 is 0. The van der Waals surface area contributed by atoms with E-state index in [4.69, 9.17) is 14.2 Å². The van der Waals surface area contributed by atoms with Gasteiger partial charge in [0, 0.05) is 29.2 Å². The predicted octanol–water partition coefficient (Wildman–Crippen LogP) is 2.37. The average Bonchev–Trinajstić information content (AvgIpc) is 3.28. The second kappa shape index (κ2) is 8.35. The highest BCUT2D eigenvalue weighted by Gasteiger charge is 2.35. The number of nitrogens with zero attached hydrogens (tertiary/aromatic N) is 1. The van der Waals surface area contributed by atoms with Gasteiger partial charge < -0.3 is 23.9 Å². The minimum Gasteiger partial charge on any atom is -0.493 e. The summed E-state index contributed by atoms with van der Waals surface area (Å²) in [6.45, 7) is 0.0923. The van der Waals surface area contributed by atoms with Crippen LogP contribution in [0.15, 0.2) is 36.5 Å². The van der Waals surface area contributed by atoms with Gasteiger partial charge in [0.05, 0.1) is 39.1 Å². The van der Waals surface area contributed by atoms with Crippen LogP contribution >= 0.6 is 0 Å². The summed E-state index contributed by atoms with van der Waals surface area (Å²) in [4.78, 5) is 25.7. The van der Waals surface area contributed by atoms with Crippen molar-refractivity contribution in [3.63, 3.8) is 0 Å². The summed E-state index contributed by atoms with van der Waals surface area (Å²) in [5.74, 6) is -0.721. The number of amides is 2. The maximum atomic E-state index is 14.1. The van der Waals surface area contributed by atoms with Crippen molar-refractivity contribution in [2.24, 2.45) is 0 Å². The molecule has 0 aliphatic carbocycles. The highest BCUT2D eigenvalue weighted by atomic mass is 19.1. The van der Waals surface area contributed by atoms with E-state index in [2.05, 4.69) is 5.32 Å². The first-order valence-corrected chi connectivity index (χ1v) is 9.73. The van der Waals surface area contributed by atoms with E-state index >= 15 is 0 Å². The number of ether oxygens (including phenoxy) is 3. The number of fused-ring (bicyclic) bond motifs is 1. The molecule has 1 aliphatic heterocycles. The fourth-order valence-electron chi connectivity index (χ4n) is 3.97. The monoisotopic (exact) mass is 440 g/mol. The highest BCUT2D eigenvalue weighted by molar-refractivity contribution is 6.50. The molecule has 2 N–H and O–H groups in total. The Morgan fingerprint density at radius 2 is 1.62 bits per heavy atom. The van der Waals surface area contributed by atoms with Crippen molar-refractivity contribution < 1.29 is 33.3 Å². The second-order valence-electron chi connectivity index (χ2n) is 7.07. The lowest BCUT2D eigenvalue weighted by Gasteiger charge is -2.14. The fourth-order valence-corrected chi connectivity index (χ4v) is 3.97. The summed E-state index contributed by atoms with van der Waals surface area (Å²) < 4.78 is 31.9. The number of halogens is 1. The van der Waals surface area contributed by atoms with Gasteiger partial charge in [-0.25, -0.2) is 4.39 Å². The second-order valence-corrected chi connectivity index (χ2v) is 7.07. The van der Waals surface area contributed by atoms with E-state index in [0.29, 0.717) is 39.3 Å². The lowest BCUT2D eigenvalue weighted by atomic mass is 9.95. The third-order valence-electron chi connectivity index (χ3n) is 5.34. The normalized spacial score (nSPS) is 13.7. The van der Waals surface area contributed by atoms with Crippen LogP contribution in [0.1, 0.15) is 11.1 Å². The van der Waals surface area contributed by atoms with Crippen LogP contribution in [0, 0.1) is 5.82 Å². The zero-order valence-electron chi connectivity index (χ0n) is 17.7. The molecule has 0 saturated carbocycles. The van der Waals surface area contributed by atoms with Crippen LogP contribution in [0.2, 0.25) is 0 Å². The van der Waals surface area contributed by atoms with Crippen molar-refractivity contribution in [1.29, 1.82) is 0 Å². The van der Waals surface area contributed by atoms with Crippen LogP contribution < -0.4 is 19.5 Å². The van der Waals surface area contributed by atoms with Gasteiger partial charge in [0.25, 0.3) is 11.8 Å². The molecule has 0 saturated heterocycles. The van der Waals surface area contributed by atoms with E-state index in [1.807, 2.05) is 0 Å². The molecule has 0 atom stereocenters. The topological polar surface area (TPSA) is 99.0 Å². The van der Waals surface area contributed by atoms with Crippen LogP contribution in [-0.2, 0) is 16.1 Å². The van der Waals surface area contributed by atoms with E-state index in [1.165, 1.54) is 33.5 Å². The van der Waals surface area contributed by atoms with Crippen LogP contribution in [0.25, 0.3) is 22.0 Å². The van der Waals surface area contributed by atoms with Crippen LogP contribution in [0.4, 0.5) is 4.39 Å². The van der Waals surface area contributed by atoms with E-state index in [9.17, 15) is 19.1 Å². The molecule has 0 spiro atoms. The Labute approximate surface area is 182 Å². The molecular weight excluding hydrogens is 419 g/mol. The zero-order valence-corrected chi connectivity index (χ0v) is 17.7. The van der Waals surface area contributed by atoms with Crippen molar-refractivity contribution >= 4 is 33.9 Å². The van der Waals surface area contributed by atoms with Crippen molar-refractivity contribution in [3.05, 3.63) is 53.5 Å². The van der Waals surface area contributed by atoms with Gasteiger partial charge in [-0.05, 0) is 35.9 Å². The number of hydrogen-bond donors (Lipinski definition) is 2. The van der Waals surface area contributed by atoms with Gasteiger partial charge in [-0.15, -0.1) is 0 Å². The first-order chi connectivity index (χ1) is 15.4. The molecule has 166 valence electrons.